The van der Waals surface area contributed by atoms with Gasteiger partial charge in [-0.15, -0.1) is 0 Å². The third-order valence-electron chi connectivity index (χ3n) is 4.93. The minimum atomic E-state index is 0.429. The standard InChI is InChI=1S/C15H30N2/c1-13-5-4-6-15(9-13,10-16)12-17-8-7-14(2,3)11-17/h13H,4-12,16H2,1-3H3. The molecule has 2 unspecified atom stereocenters. The molecule has 2 nitrogen and oxygen atoms in total. The van der Waals surface area contributed by atoms with Crippen LogP contribution in [0.25, 0.3) is 0 Å². The Labute approximate surface area is 107 Å². The van der Waals surface area contributed by atoms with E-state index in [0.29, 0.717) is 10.8 Å². The van der Waals surface area contributed by atoms with Crippen molar-refractivity contribution < 1.29 is 0 Å². The van der Waals surface area contributed by atoms with Crippen molar-refractivity contribution in [1.82, 2.24) is 4.90 Å². The molecule has 2 N–H and O–H groups in total. The van der Waals surface area contributed by atoms with Gasteiger partial charge in [-0.2, -0.15) is 0 Å². The molecule has 0 aromatic rings. The molecule has 1 aliphatic carbocycles. The predicted molar refractivity (Wildman–Crippen MR) is 74.0 cm³/mol. The van der Waals surface area contributed by atoms with Crippen LogP contribution < -0.4 is 5.73 Å². The quantitative estimate of drug-likeness (QED) is 0.819. The van der Waals surface area contributed by atoms with Gasteiger partial charge < -0.3 is 10.6 Å². The van der Waals surface area contributed by atoms with Crippen LogP contribution in [0.3, 0.4) is 0 Å². The lowest BCUT2D eigenvalue weighted by Gasteiger charge is -2.42. The molecule has 1 saturated heterocycles. The van der Waals surface area contributed by atoms with E-state index in [1.165, 1.54) is 51.7 Å². The molecule has 0 radical (unpaired) electrons. The molecule has 2 atom stereocenters. The van der Waals surface area contributed by atoms with Crippen molar-refractivity contribution in [2.75, 3.05) is 26.2 Å². The van der Waals surface area contributed by atoms with Crippen LogP contribution in [0.2, 0.25) is 0 Å². The van der Waals surface area contributed by atoms with Crippen molar-refractivity contribution in [3.05, 3.63) is 0 Å². The van der Waals surface area contributed by atoms with Crippen molar-refractivity contribution in [3.63, 3.8) is 0 Å². The molecule has 1 heterocycles. The van der Waals surface area contributed by atoms with Crippen molar-refractivity contribution in [1.29, 1.82) is 0 Å². The normalized spacial score (nSPS) is 38.5. The van der Waals surface area contributed by atoms with Crippen molar-refractivity contribution in [2.24, 2.45) is 22.5 Å². The topological polar surface area (TPSA) is 29.3 Å². The summed E-state index contributed by atoms with van der Waals surface area (Å²) in [5.74, 6) is 0.878. The van der Waals surface area contributed by atoms with Crippen LogP contribution in [0.4, 0.5) is 0 Å². The Morgan fingerprint density at radius 3 is 2.59 bits per heavy atom. The molecule has 1 aliphatic heterocycles. The summed E-state index contributed by atoms with van der Waals surface area (Å²) in [6.45, 7) is 11.9. The van der Waals surface area contributed by atoms with Crippen LogP contribution in [0.5, 0.6) is 0 Å². The molecular formula is C15H30N2. The van der Waals surface area contributed by atoms with E-state index in [4.69, 9.17) is 5.73 Å². The van der Waals surface area contributed by atoms with Gasteiger partial charge in [-0.25, -0.2) is 0 Å². The summed E-state index contributed by atoms with van der Waals surface area (Å²) in [5, 5.41) is 0. The Bertz CT molecular complexity index is 262. The fourth-order valence-corrected chi connectivity index (χ4v) is 4.00. The molecule has 2 heteroatoms. The maximum atomic E-state index is 6.12. The van der Waals surface area contributed by atoms with Crippen molar-refractivity contribution in [3.8, 4) is 0 Å². The second-order valence-electron chi connectivity index (χ2n) is 7.53. The number of hydrogen-bond acceptors (Lipinski definition) is 2. The lowest BCUT2D eigenvalue weighted by molar-refractivity contribution is 0.0957. The van der Waals surface area contributed by atoms with Gasteiger partial charge in [0.15, 0.2) is 0 Å². The molecule has 100 valence electrons. The summed E-state index contributed by atoms with van der Waals surface area (Å²) < 4.78 is 0. The van der Waals surface area contributed by atoms with Gasteiger partial charge in [0.2, 0.25) is 0 Å². The van der Waals surface area contributed by atoms with E-state index in [1.54, 1.807) is 0 Å². The van der Waals surface area contributed by atoms with Gasteiger partial charge in [-0.05, 0) is 49.1 Å². The third-order valence-corrected chi connectivity index (χ3v) is 4.93. The van der Waals surface area contributed by atoms with Crippen molar-refractivity contribution >= 4 is 0 Å². The van der Waals surface area contributed by atoms with Gasteiger partial charge >= 0.3 is 0 Å². The second-order valence-corrected chi connectivity index (χ2v) is 7.53. The zero-order valence-electron chi connectivity index (χ0n) is 12.0. The Morgan fingerprint density at radius 2 is 2.06 bits per heavy atom. The number of nitrogens with zero attached hydrogens (tertiary/aromatic N) is 1. The summed E-state index contributed by atoms with van der Waals surface area (Å²) in [5.41, 5.74) is 7.07. The first-order valence-electron chi connectivity index (χ1n) is 7.37. The smallest absolute Gasteiger partial charge is 0.00504 e. The van der Waals surface area contributed by atoms with Crippen molar-refractivity contribution in [2.45, 2.75) is 52.9 Å². The average molecular weight is 238 g/mol. The van der Waals surface area contributed by atoms with E-state index in [9.17, 15) is 0 Å². The van der Waals surface area contributed by atoms with Gasteiger partial charge in [0.05, 0.1) is 0 Å². The summed E-state index contributed by atoms with van der Waals surface area (Å²) in [4.78, 5) is 2.67. The average Bonchev–Trinajstić information content (AvgIpc) is 2.58. The van der Waals surface area contributed by atoms with E-state index >= 15 is 0 Å². The molecule has 2 fully saturated rings. The van der Waals surface area contributed by atoms with E-state index < -0.39 is 0 Å². The largest absolute Gasteiger partial charge is 0.330 e. The number of likely N-dealkylation sites (tertiary alicyclic amines) is 1. The van der Waals surface area contributed by atoms with E-state index in [0.717, 1.165) is 12.5 Å². The zero-order valence-corrected chi connectivity index (χ0v) is 12.0. The molecule has 1 saturated carbocycles. The summed E-state index contributed by atoms with van der Waals surface area (Å²) in [6, 6.07) is 0. The number of nitrogens with two attached hydrogens (primary N) is 1. The maximum absolute atomic E-state index is 6.12. The Kier molecular flexibility index (Phi) is 3.84. The van der Waals surface area contributed by atoms with Crippen LogP contribution in [0.15, 0.2) is 0 Å². The summed E-state index contributed by atoms with van der Waals surface area (Å²) >= 11 is 0. The molecule has 0 aromatic carbocycles. The lowest BCUT2D eigenvalue weighted by atomic mass is 9.70. The second kappa shape index (κ2) is 4.89. The highest BCUT2D eigenvalue weighted by molar-refractivity contribution is 4.92. The van der Waals surface area contributed by atoms with E-state index in [1.807, 2.05) is 0 Å². The SMILES string of the molecule is CC1CCCC(CN)(CN2CCC(C)(C)C2)C1. The van der Waals surface area contributed by atoms with Gasteiger partial charge in [0.25, 0.3) is 0 Å². The molecule has 17 heavy (non-hydrogen) atoms. The highest BCUT2D eigenvalue weighted by Crippen LogP contribution is 2.41. The molecule has 2 rings (SSSR count). The molecule has 0 amide bonds. The minimum Gasteiger partial charge on any atom is -0.330 e. The Morgan fingerprint density at radius 1 is 1.29 bits per heavy atom. The number of hydrogen-bond donors (Lipinski definition) is 1. The Balaban J connectivity index is 1.95. The van der Waals surface area contributed by atoms with E-state index in [-0.39, 0.29) is 0 Å². The van der Waals surface area contributed by atoms with Gasteiger partial charge in [0.1, 0.15) is 0 Å². The van der Waals surface area contributed by atoms with Crippen LogP contribution in [0.1, 0.15) is 52.9 Å². The van der Waals surface area contributed by atoms with Crippen LogP contribution in [-0.2, 0) is 0 Å². The van der Waals surface area contributed by atoms with Crippen LogP contribution in [0, 0.1) is 16.7 Å². The number of rotatable bonds is 3. The van der Waals surface area contributed by atoms with Gasteiger partial charge in [-0.1, -0.05) is 33.6 Å². The highest BCUT2D eigenvalue weighted by Gasteiger charge is 2.38. The molecule has 0 spiro atoms. The first-order chi connectivity index (χ1) is 7.95. The molecular weight excluding hydrogens is 208 g/mol. The molecule has 0 aromatic heterocycles. The summed E-state index contributed by atoms with van der Waals surface area (Å²) in [7, 11) is 0. The van der Waals surface area contributed by atoms with Crippen LogP contribution in [-0.4, -0.2) is 31.1 Å². The maximum Gasteiger partial charge on any atom is 0.00504 e. The zero-order chi connectivity index (χ0) is 12.5. The molecule has 0 bridgehead atoms. The van der Waals surface area contributed by atoms with Gasteiger partial charge in [0, 0.05) is 13.1 Å². The Hall–Kier alpha value is -0.0800. The van der Waals surface area contributed by atoms with Gasteiger partial charge in [-0.3, -0.25) is 0 Å². The van der Waals surface area contributed by atoms with E-state index in [2.05, 4.69) is 25.7 Å². The minimum absolute atomic E-state index is 0.429. The van der Waals surface area contributed by atoms with Crippen LogP contribution >= 0.6 is 0 Å². The molecule has 2 aliphatic rings. The fourth-order valence-electron chi connectivity index (χ4n) is 4.00. The fraction of sp³-hybridized carbons (Fsp3) is 1.00. The summed E-state index contributed by atoms with van der Waals surface area (Å²) in [6.07, 6.45) is 6.84. The predicted octanol–water partition coefficient (Wildman–Crippen LogP) is 2.87. The lowest BCUT2D eigenvalue weighted by Crippen LogP contribution is -2.45. The highest BCUT2D eigenvalue weighted by atomic mass is 15.2. The first kappa shape index (κ1) is 13.4. The first-order valence-corrected chi connectivity index (χ1v) is 7.37. The third kappa shape index (κ3) is 3.23. The monoisotopic (exact) mass is 238 g/mol.